The van der Waals surface area contributed by atoms with Crippen LogP contribution in [-0.4, -0.2) is 15.9 Å². The molecule has 2 heterocycles. The van der Waals surface area contributed by atoms with Crippen molar-refractivity contribution in [3.05, 3.63) is 69.9 Å². The molecule has 0 aliphatic heterocycles. The Morgan fingerprint density at radius 3 is 2.70 bits per heavy atom. The van der Waals surface area contributed by atoms with Gasteiger partial charge in [-0.05, 0) is 25.1 Å². The van der Waals surface area contributed by atoms with Gasteiger partial charge in [-0.3, -0.25) is 9.78 Å². The molecule has 116 valence electrons. The van der Waals surface area contributed by atoms with Gasteiger partial charge in [0.2, 0.25) is 0 Å². The number of hydrogen-bond acceptors (Lipinski definition) is 4. The minimum atomic E-state index is -0.125. The van der Waals surface area contributed by atoms with E-state index in [1.807, 2.05) is 31.2 Å². The van der Waals surface area contributed by atoms with Crippen LogP contribution in [0.3, 0.4) is 0 Å². The van der Waals surface area contributed by atoms with E-state index in [1.165, 1.54) is 0 Å². The average molecular weight is 344 g/mol. The zero-order valence-corrected chi connectivity index (χ0v) is 14.0. The first-order valence-corrected chi connectivity index (χ1v) is 8.24. The fourth-order valence-corrected chi connectivity index (χ4v) is 3.43. The average Bonchev–Trinajstić information content (AvgIpc) is 2.94. The van der Waals surface area contributed by atoms with Crippen molar-refractivity contribution < 1.29 is 4.79 Å². The molecule has 0 fully saturated rings. The second kappa shape index (κ2) is 6.89. The maximum atomic E-state index is 12.1. The number of benzene rings is 1. The molecule has 1 N–H and O–H groups in total. The molecule has 3 aromatic rings. The van der Waals surface area contributed by atoms with E-state index in [2.05, 4.69) is 15.3 Å². The van der Waals surface area contributed by atoms with Gasteiger partial charge in [0, 0.05) is 28.4 Å². The van der Waals surface area contributed by atoms with Crippen LogP contribution in [0.2, 0.25) is 5.02 Å². The second-order valence-electron chi connectivity index (χ2n) is 4.93. The first kappa shape index (κ1) is 15.6. The molecule has 0 aliphatic carbocycles. The van der Waals surface area contributed by atoms with Crippen molar-refractivity contribution in [1.29, 1.82) is 0 Å². The fourth-order valence-electron chi connectivity index (χ4n) is 2.11. The Balaban J connectivity index is 1.75. The zero-order chi connectivity index (χ0) is 16.2. The van der Waals surface area contributed by atoms with E-state index in [0.717, 1.165) is 21.1 Å². The third-order valence-electron chi connectivity index (χ3n) is 3.35. The summed E-state index contributed by atoms with van der Waals surface area (Å²) in [6.07, 6.45) is 3.20. The number of aromatic nitrogens is 2. The van der Waals surface area contributed by atoms with Crippen LogP contribution in [-0.2, 0) is 6.54 Å². The van der Waals surface area contributed by atoms with Crippen LogP contribution >= 0.6 is 22.9 Å². The van der Waals surface area contributed by atoms with Crippen molar-refractivity contribution in [2.45, 2.75) is 13.5 Å². The number of rotatable bonds is 4. The number of carbonyl (C=O) groups excluding carboxylic acids is 1. The molecule has 3 rings (SSSR count). The third-order valence-corrected chi connectivity index (χ3v) is 4.87. The molecular formula is C17H14ClN3OS. The van der Waals surface area contributed by atoms with Gasteiger partial charge in [-0.15, -0.1) is 11.3 Å². The highest BCUT2D eigenvalue weighted by Gasteiger charge is 2.13. The molecule has 0 saturated heterocycles. The molecule has 6 heteroatoms. The Morgan fingerprint density at radius 1 is 1.22 bits per heavy atom. The monoisotopic (exact) mass is 343 g/mol. The Labute approximate surface area is 143 Å². The van der Waals surface area contributed by atoms with Crippen LogP contribution in [0.15, 0.2) is 48.8 Å². The van der Waals surface area contributed by atoms with Crippen molar-refractivity contribution in [2.24, 2.45) is 0 Å². The predicted molar refractivity (Wildman–Crippen MR) is 92.7 cm³/mol. The van der Waals surface area contributed by atoms with Crippen LogP contribution < -0.4 is 5.32 Å². The van der Waals surface area contributed by atoms with Crippen molar-refractivity contribution >= 4 is 28.8 Å². The number of nitrogens with zero attached hydrogens (tertiary/aromatic N) is 2. The van der Waals surface area contributed by atoms with Gasteiger partial charge in [0.1, 0.15) is 5.01 Å². The van der Waals surface area contributed by atoms with Crippen molar-refractivity contribution in [1.82, 2.24) is 15.3 Å². The zero-order valence-electron chi connectivity index (χ0n) is 12.4. The molecule has 0 unspecified atom stereocenters. The number of carbonyl (C=O) groups is 1. The number of hydrogen-bond donors (Lipinski definition) is 1. The lowest BCUT2D eigenvalue weighted by Gasteiger charge is -2.03. The second-order valence-corrected chi connectivity index (χ2v) is 6.42. The molecule has 0 bridgehead atoms. The fraction of sp³-hybridized carbons (Fsp3) is 0.118. The molecule has 0 radical (unpaired) electrons. The van der Waals surface area contributed by atoms with E-state index in [9.17, 15) is 4.79 Å². The largest absolute Gasteiger partial charge is 0.347 e. The highest BCUT2D eigenvalue weighted by Crippen LogP contribution is 2.32. The summed E-state index contributed by atoms with van der Waals surface area (Å²) in [5, 5.41) is 4.44. The smallest absolute Gasteiger partial charge is 0.251 e. The first-order chi connectivity index (χ1) is 11.1. The molecule has 4 nitrogen and oxygen atoms in total. The van der Waals surface area contributed by atoms with E-state index in [4.69, 9.17) is 11.6 Å². The van der Waals surface area contributed by atoms with Gasteiger partial charge >= 0.3 is 0 Å². The standard InChI is InChI=1S/C17H14ClN3OS/c1-11-15(10-20-16(22)12-6-8-19-9-7-12)23-17(21-11)13-4-2-3-5-14(13)18/h2-9H,10H2,1H3,(H,20,22). The lowest BCUT2D eigenvalue weighted by atomic mass is 10.2. The van der Waals surface area contributed by atoms with E-state index in [-0.39, 0.29) is 5.91 Å². The number of nitrogens with one attached hydrogen (secondary N) is 1. The van der Waals surface area contributed by atoms with Crippen molar-refractivity contribution in [2.75, 3.05) is 0 Å². The lowest BCUT2D eigenvalue weighted by Crippen LogP contribution is -2.22. The summed E-state index contributed by atoms with van der Waals surface area (Å²) in [5.74, 6) is -0.125. The van der Waals surface area contributed by atoms with Crippen LogP contribution in [0.25, 0.3) is 10.6 Å². The minimum absolute atomic E-state index is 0.125. The highest BCUT2D eigenvalue weighted by atomic mass is 35.5. The summed E-state index contributed by atoms with van der Waals surface area (Å²) in [4.78, 5) is 21.6. The van der Waals surface area contributed by atoms with Gasteiger partial charge in [0.25, 0.3) is 5.91 Å². The minimum Gasteiger partial charge on any atom is -0.347 e. The Hall–Kier alpha value is -2.24. The van der Waals surface area contributed by atoms with Gasteiger partial charge in [0.15, 0.2) is 0 Å². The van der Waals surface area contributed by atoms with Crippen molar-refractivity contribution in [3.63, 3.8) is 0 Å². The SMILES string of the molecule is Cc1nc(-c2ccccc2Cl)sc1CNC(=O)c1ccncc1. The molecule has 2 aromatic heterocycles. The Bertz CT molecular complexity index is 833. The molecule has 0 atom stereocenters. The number of halogens is 1. The third kappa shape index (κ3) is 3.57. The maximum absolute atomic E-state index is 12.1. The highest BCUT2D eigenvalue weighted by molar-refractivity contribution is 7.15. The molecule has 23 heavy (non-hydrogen) atoms. The van der Waals surface area contributed by atoms with E-state index >= 15 is 0 Å². The summed E-state index contributed by atoms with van der Waals surface area (Å²) in [6.45, 7) is 2.37. The number of amides is 1. The molecular weight excluding hydrogens is 330 g/mol. The summed E-state index contributed by atoms with van der Waals surface area (Å²) in [7, 11) is 0. The summed E-state index contributed by atoms with van der Waals surface area (Å²) in [6, 6.07) is 11.0. The topological polar surface area (TPSA) is 54.9 Å². The van der Waals surface area contributed by atoms with Gasteiger partial charge in [0.05, 0.1) is 17.3 Å². The lowest BCUT2D eigenvalue weighted by molar-refractivity contribution is 0.0951. The number of pyridine rings is 1. The molecule has 1 amide bonds. The predicted octanol–water partition coefficient (Wildman–Crippen LogP) is 4.10. The summed E-state index contributed by atoms with van der Waals surface area (Å²) < 4.78 is 0. The Morgan fingerprint density at radius 2 is 1.96 bits per heavy atom. The molecule has 0 saturated carbocycles. The van der Waals surface area contributed by atoms with Gasteiger partial charge in [-0.25, -0.2) is 4.98 Å². The van der Waals surface area contributed by atoms with Crippen molar-refractivity contribution in [3.8, 4) is 10.6 Å². The van der Waals surface area contributed by atoms with Gasteiger partial charge in [-0.1, -0.05) is 29.8 Å². The Kier molecular flexibility index (Phi) is 4.69. The van der Waals surface area contributed by atoms with E-state index in [0.29, 0.717) is 17.1 Å². The van der Waals surface area contributed by atoms with E-state index in [1.54, 1.807) is 35.9 Å². The first-order valence-electron chi connectivity index (χ1n) is 7.04. The molecule has 1 aromatic carbocycles. The van der Waals surface area contributed by atoms with Crippen LogP contribution in [0, 0.1) is 6.92 Å². The molecule has 0 spiro atoms. The summed E-state index contributed by atoms with van der Waals surface area (Å²) in [5.41, 5.74) is 2.41. The van der Waals surface area contributed by atoms with Crippen LogP contribution in [0.4, 0.5) is 0 Å². The van der Waals surface area contributed by atoms with E-state index < -0.39 is 0 Å². The number of aryl methyl sites for hydroxylation is 1. The number of thiazole rings is 1. The normalized spacial score (nSPS) is 10.5. The van der Waals surface area contributed by atoms with Gasteiger partial charge < -0.3 is 5.32 Å². The van der Waals surface area contributed by atoms with Gasteiger partial charge in [-0.2, -0.15) is 0 Å². The summed E-state index contributed by atoms with van der Waals surface area (Å²) >= 11 is 7.76. The quantitative estimate of drug-likeness (QED) is 0.776. The molecule has 0 aliphatic rings. The van der Waals surface area contributed by atoms with Crippen LogP contribution in [0.5, 0.6) is 0 Å². The van der Waals surface area contributed by atoms with Crippen LogP contribution in [0.1, 0.15) is 20.9 Å². The maximum Gasteiger partial charge on any atom is 0.251 e.